The summed E-state index contributed by atoms with van der Waals surface area (Å²) in [6, 6.07) is 19.5. The van der Waals surface area contributed by atoms with Gasteiger partial charge in [-0.1, -0.05) is 66.2 Å². The van der Waals surface area contributed by atoms with Crippen molar-refractivity contribution in [2.24, 2.45) is 0 Å². The molecule has 208 valence electrons. The third-order valence-corrected chi connectivity index (χ3v) is 6.71. The second-order valence-corrected chi connectivity index (χ2v) is 10.0. The Labute approximate surface area is 235 Å². The summed E-state index contributed by atoms with van der Waals surface area (Å²) in [7, 11) is 2.21. The smallest absolute Gasteiger partial charge is 0.280 e. The molecule has 0 saturated heterocycles. The average molecular weight is 551 g/mol. The molecule has 0 radical (unpaired) electrons. The van der Waals surface area contributed by atoms with Crippen LogP contribution in [0.3, 0.4) is 0 Å². The number of amides is 1. The van der Waals surface area contributed by atoms with Gasteiger partial charge in [-0.05, 0) is 81.8 Å². The number of carbonyl (C=O) groups excluding carboxylic acids is 1. The van der Waals surface area contributed by atoms with Crippen molar-refractivity contribution in [2.75, 3.05) is 38.1 Å². The second kappa shape index (κ2) is 15.7. The lowest BCUT2D eigenvalue weighted by molar-refractivity contribution is 0.0971. The Kier molecular flexibility index (Phi) is 12.0. The summed E-state index contributed by atoms with van der Waals surface area (Å²) in [6.45, 7) is 2.78. The Balaban J connectivity index is 1.25. The fourth-order valence-corrected chi connectivity index (χ4v) is 4.36. The standard InChI is InChI=1S/C29H39ClN8O/c1-38(19-7-12-21-9-3-2-4-10-21)20-8-13-23-16-14-22(15-17-23)11-5-6-18-34-29(33)37-28(39)24-26(31)36-27(32)25(30)35-24/h2-4,9-10,14-17H,5-8,11-13,18-20H2,1H3,(H4,31,32,36)(H3,33,34,37,39). The van der Waals surface area contributed by atoms with Gasteiger partial charge in [0.15, 0.2) is 28.4 Å². The SMILES string of the molecule is CN(CCCc1ccccc1)CCCc1ccc(CCCCNC(=N)NC(=O)c2nc(Cl)c(N)nc2N)cc1. The maximum Gasteiger partial charge on any atom is 0.280 e. The number of rotatable bonds is 14. The van der Waals surface area contributed by atoms with Crippen LogP contribution in [0.5, 0.6) is 0 Å². The quantitative estimate of drug-likeness (QED) is 0.115. The molecule has 3 rings (SSSR count). The fraction of sp³-hybridized carbons (Fsp3) is 0.379. The molecule has 9 nitrogen and oxygen atoms in total. The number of nitrogens with two attached hydrogens (primary N) is 2. The van der Waals surface area contributed by atoms with Crippen molar-refractivity contribution in [3.63, 3.8) is 0 Å². The van der Waals surface area contributed by atoms with E-state index in [0.29, 0.717) is 6.54 Å². The highest BCUT2D eigenvalue weighted by molar-refractivity contribution is 6.31. The topological polar surface area (TPSA) is 146 Å². The molecule has 0 fully saturated rings. The zero-order chi connectivity index (χ0) is 28.0. The van der Waals surface area contributed by atoms with Gasteiger partial charge in [-0.3, -0.25) is 15.5 Å². The molecule has 0 aliphatic heterocycles. The third-order valence-electron chi connectivity index (χ3n) is 6.43. The van der Waals surface area contributed by atoms with Crippen molar-refractivity contribution in [1.82, 2.24) is 25.5 Å². The van der Waals surface area contributed by atoms with E-state index in [1.807, 2.05) is 0 Å². The molecule has 0 spiro atoms. The van der Waals surface area contributed by atoms with Crippen molar-refractivity contribution in [3.8, 4) is 0 Å². The molecule has 1 amide bonds. The van der Waals surface area contributed by atoms with Crippen LogP contribution >= 0.6 is 11.6 Å². The van der Waals surface area contributed by atoms with Crippen molar-refractivity contribution >= 4 is 35.1 Å². The normalized spacial score (nSPS) is 10.9. The minimum absolute atomic E-state index is 0.0536. The number of unbranched alkanes of at least 4 members (excludes halogenated alkanes) is 1. The molecular weight excluding hydrogens is 512 g/mol. The van der Waals surface area contributed by atoms with Gasteiger partial charge in [-0.2, -0.15) is 0 Å². The lowest BCUT2D eigenvalue weighted by Crippen LogP contribution is -2.41. The lowest BCUT2D eigenvalue weighted by Gasteiger charge is -2.16. The van der Waals surface area contributed by atoms with E-state index in [1.165, 1.54) is 23.1 Å². The van der Waals surface area contributed by atoms with E-state index in [2.05, 4.69) is 87.1 Å². The van der Waals surface area contributed by atoms with Crippen LogP contribution in [0.15, 0.2) is 54.6 Å². The average Bonchev–Trinajstić information content (AvgIpc) is 2.92. The van der Waals surface area contributed by atoms with E-state index in [-0.39, 0.29) is 28.4 Å². The number of carbonyl (C=O) groups is 1. The number of nitrogen functional groups attached to an aromatic ring is 2. The summed E-state index contributed by atoms with van der Waals surface area (Å²) in [5, 5.41) is 13.1. The molecule has 2 aromatic carbocycles. The highest BCUT2D eigenvalue weighted by Crippen LogP contribution is 2.17. The van der Waals surface area contributed by atoms with Crippen LogP contribution in [0.4, 0.5) is 11.6 Å². The Morgan fingerprint density at radius 3 is 2.03 bits per heavy atom. The number of nitrogens with zero attached hydrogens (tertiary/aromatic N) is 3. The summed E-state index contributed by atoms with van der Waals surface area (Å²) in [4.78, 5) is 22.3. The number of hydrogen-bond acceptors (Lipinski definition) is 7. The number of benzene rings is 2. The Morgan fingerprint density at radius 2 is 1.41 bits per heavy atom. The van der Waals surface area contributed by atoms with Crippen LogP contribution in [0.1, 0.15) is 52.9 Å². The number of hydrogen-bond donors (Lipinski definition) is 5. The molecule has 0 atom stereocenters. The van der Waals surface area contributed by atoms with Crippen molar-refractivity contribution in [2.45, 2.75) is 44.9 Å². The highest BCUT2D eigenvalue weighted by atomic mass is 35.5. The first-order valence-electron chi connectivity index (χ1n) is 13.3. The molecule has 0 bridgehead atoms. The van der Waals surface area contributed by atoms with Gasteiger partial charge in [-0.25, -0.2) is 9.97 Å². The van der Waals surface area contributed by atoms with E-state index >= 15 is 0 Å². The van der Waals surface area contributed by atoms with Crippen LogP contribution in [0.2, 0.25) is 5.15 Å². The zero-order valence-corrected chi connectivity index (χ0v) is 23.3. The minimum atomic E-state index is -0.672. The van der Waals surface area contributed by atoms with Crippen molar-refractivity contribution in [3.05, 3.63) is 82.1 Å². The van der Waals surface area contributed by atoms with Gasteiger partial charge >= 0.3 is 0 Å². The Morgan fingerprint density at radius 1 is 0.846 bits per heavy atom. The number of guanidine groups is 1. The first-order valence-corrected chi connectivity index (χ1v) is 13.7. The van der Waals surface area contributed by atoms with Gasteiger partial charge in [0.1, 0.15) is 0 Å². The van der Waals surface area contributed by atoms with Gasteiger partial charge in [0, 0.05) is 6.54 Å². The molecule has 1 heterocycles. The number of aryl methyl sites for hydroxylation is 3. The summed E-state index contributed by atoms with van der Waals surface area (Å²) < 4.78 is 0. The molecule has 0 saturated carbocycles. The third kappa shape index (κ3) is 10.5. The predicted molar refractivity (Wildman–Crippen MR) is 159 cm³/mol. The molecule has 0 aliphatic carbocycles. The van der Waals surface area contributed by atoms with Gasteiger partial charge in [0.25, 0.3) is 5.91 Å². The largest absolute Gasteiger partial charge is 0.382 e. The van der Waals surface area contributed by atoms with E-state index in [0.717, 1.165) is 51.6 Å². The van der Waals surface area contributed by atoms with Crippen LogP contribution < -0.4 is 22.1 Å². The van der Waals surface area contributed by atoms with Crippen molar-refractivity contribution in [1.29, 1.82) is 5.41 Å². The van der Waals surface area contributed by atoms with E-state index in [4.69, 9.17) is 28.5 Å². The van der Waals surface area contributed by atoms with E-state index in [1.54, 1.807) is 0 Å². The molecule has 7 N–H and O–H groups in total. The summed E-state index contributed by atoms with van der Waals surface area (Å²) in [5.41, 5.74) is 15.1. The first-order chi connectivity index (χ1) is 18.8. The summed E-state index contributed by atoms with van der Waals surface area (Å²) >= 11 is 5.80. The summed E-state index contributed by atoms with van der Waals surface area (Å²) in [5.74, 6) is -1.01. The van der Waals surface area contributed by atoms with Gasteiger partial charge in [0.2, 0.25) is 0 Å². The zero-order valence-electron chi connectivity index (χ0n) is 22.5. The number of nitrogens with one attached hydrogen (secondary N) is 3. The highest BCUT2D eigenvalue weighted by Gasteiger charge is 2.17. The lowest BCUT2D eigenvalue weighted by atomic mass is 10.0. The number of anilines is 2. The van der Waals surface area contributed by atoms with Crippen LogP contribution in [-0.4, -0.2) is 53.4 Å². The van der Waals surface area contributed by atoms with Crippen LogP contribution in [-0.2, 0) is 19.3 Å². The molecule has 3 aromatic rings. The minimum Gasteiger partial charge on any atom is -0.382 e. The van der Waals surface area contributed by atoms with Gasteiger partial charge in [-0.15, -0.1) is 0 Å². The Hall–Kier alpha value is -3.69. The van der Waals surface area contributed by atoms with Gasteiger partial charge < -0.3 is 21.7 Å². The summed E-state index contributed by atoms with van der Waals surface area (Å²) in [6.07, 6.45) is 7.33. The molecule has 1 aromatic heterocycles. The van der Waals surface area contributed by atoms with Gasteiger partial charge in [0.05, 0.1) is 0 Å². The maximum absolute atomic E-state index is 12.3. The molecule has 10 heteroatoms. The molecule has 0 unspecified atom stereocenters. The fourth-order valence-electron chi connectivity index (χ4n) is 4.23. The molecule has 39 heavy (non-hydrogen) atoms. The van der Waals surface area contributed by atoms with Crippen LogP contribution in [0.25, 0.3) is 0 Å². The van der Waals surface area contributed by atoms with Crippen molar-refractivity contribution < 1.29 is 4.79 Å². The molecule has 0 aliphatic rings. The van der Waals surface area contributed by atoms with Crippen LogP contribution in [0, 0.1) is 5.41 Å². The number of halogens is 1. The maximum atomic E-state index is 12.3. The monoisotopic (exact) mass is 550 g/mol. The predicted octanol–water partition coefficient (Wildman–Crippen LogP) is 4.07. The number of aromatic nitrogens is 2. The Bertz CT molecular complexity index is 1200. The second-order valence-electron chi connectivity index (χ2n) is 9.66. The van der Waals surface area contributed by atoms with E-state index in [9.17, 15) is 4.79 Å². The molecular formula is C29H39ClN8O. The van der Waals surface area contributed by atoms with E-state index < -0.39 is 5.91 Å². The first kappa shape index (κ1) is 29.9.